The molecule has 3 rings (SSSR count). The maximum Gasteiger partial charge on any atom is 0.243 e. The third kappa shape index (κ3) is 7.37. The highest BCUT2D eigenvalue weighted by Crippen LogP contribution is 2.18. The largest absolute Gasteiger partial charge is 0.335 e. The van der Waals surface area contributed by atoms with Crippen molar-refractivity contribution in [1.29, 1.82) is 0 Å². The number of hydrogen-bond acceptors (Lipinski definition) is 5. The van der Waals surface area contributed by atoms with E-state index in [2.05, 4.69) is 20.4 Å². The van der Waals surface area contributed by atoms with Crippen molar-refractivity contribution in [3.63, 3.8) is 0 Å². The Morgan fingerprint density at radius 2 is 1.57 bits per heavy atom. The fourth-order valence-corrected chi connectivity index (χ4v) is 4.19. The van der Waals surface area contributed by atoms with Crippen molar-refractivity contribution in [2.24, 2.45) is 0 Å². The molecule has 0 aliphatic carbocycles. The average Bonchev–Trinajstić information content (AvgIpc) is 2.83. The Labute approximate surface area is 208 Å². The van der Waals surface area contributed by atoms with Gasteiger partial charge >= 0.3 is 0 Å². The molecular weight excluding hydrogens is 442 g/mol. The van der Waals surface area contributed by atoms with Crippen molar-refractivity contribution < 1.29 is 14.4 Å². The van der Waals surface area contributed by atoms with Gasteiger partial charge in [0.15, 0.2) is 0 Å². The van der Waals surface area contributed by atoms with E-state index < -0.39 is 0 Å². The minimum Gasteiger partial charge on any atom is -0.335 e. The van der Waals surface area contributed by atoms with Gasteiger partial charge in [-0.25, -0.2) is 0 Å². The lowest BCUT2D eigenvalue weighted by Crippen LogP contribution is -2.55. The Morgan fingerprint density at radius 1 is 0.914 bits per heavy atom. The summed E-state index contributed by atoms with van der Waals surface area (Å²) in [6.45, 7) is 11.0. The number of benzene rings is 2. The van der Waals surface area contributed by atoms with Crippen LogP contribution >= 0.6 is 0 Å². The Morgan fingerprint density at radius 3 is 2.23 bits per heavy atom. The minimum atomic E-state index is -0.335. The zero-order valence-corrected chi connectivity index (χ0v) is 21.4. The molecule has 188 valence electrons. The van der Waals surface area contributed by atoms with Crippen LogP contribution in [-0.2, 0) is 14.4 Å². The Kier molecular flexibility index (Phi) is 9.01. The third-order valence-electron chi connectivity index (χ3n) is 6.65. The number of aryl methyl sites for hydroxylation is 2. The molecule has 2 aromatic carbocycles. The molecule has 1 unspecified atom stereocenters. The quantitative estimate of drug-likeness (QED) is 0.608. The second kappa shape index (κ2) is 12.0. The second-order valence-corrected chi connectivity index (χ2v) is 9.39. The highest BCUT2D eigenvalue weighted by Gasteiger charge is 2.28. The van der Waals surface area contributed by atoms with E-state index in [-0.39, 0.29) is 30.3 Å². The Hall–Kier alpha value is -3.23. The van der Waals surface area contributed by atoms with E-state index in [1.54, 1.807) is 7.05 Å². The summed E-state index contributed by atoms with van der Waals surface area (Å²) in [7, 11) is 1.65. The van der Waals surface area contributed by atoms with Gasteiger partial charge < -0.3 is 15.5 Å². The third-order valence-corrected chi connectivity index (χ3v) is 6.65. The van der Waals surface area contributed by atoms with Crippen molar-refractivity contribution >= 4 is 29.1 Å². The summed E-state index contributed by atoms with van der Waals surface area (Å²) in [6.07, 6.45) is 0. The molecule has 2 N–H and O–H groups in total. The number of carbonyl (C=O) groups excluding carboxylic acids is 3. The summed E-state index contributed by atoms with van der Waals surface area (Å²) in [4.78, 5) is 43.5. The molecule has 8 nitrogen and oxygen atoms in total. The highest BCUT2D eigenvalue weighted by molar-refractivity contribution is 5.95. The van der Waals surface area contributed by atoms with Crippen LogP contribution in [-0.4, -0.2) is 84.8 Å². The fourth-order valence-electron chi connectivity index (χ4n) is 4.19. The lowest BCUT2D eigenvalue weighted by molar-refractivity contribution is -0.138. The molecule has 0 bridgehead atoms. The summed E-state index contributed by atoms with van der Waals surface area (Å²) in [5.74, 6) is -0.350. The number of piperazine rings is 1. The molecule has 3 amide bonds. The van der Waals surface area contributed by atoms with Crippen LogP contribution in [0.15, 0.2) is 42.5 Å². The molecule has 0 aromatic heterocycles. The van der Waals surface area contributed by atoms with Gasteiger partial charge in [0.1, 0.15) is 0 Å². The van der Waals surface area contributed by atoms with Crippen LogP contribution in [0.1, 0.15) is 23.6 Å². The van der Waals surface area contributed by atoms with Gasteiger partial charge in [-0.3, -0.25) is 24.2 Å². The molecule has 2 aromatic rings. The number of likely N-dealkylation sites (N-methyl/N-ethyl adjacent to an activating group) is 1. The number of hydrogen-bond donors (Lipinski definition) is 2. The van der Waals surface area contributed by atoms with E-state index in [0.29, 0.717) is 38.4 Å². The molecule has 1 aliphatic heterocycles. The van der Waals surface area contributed by atoms with Crippen molar-refractivity contribution in [2.75, 3.05) is 56.9 Å². The van der Waals surface area contributed by atoms with Crippen LogP contribution in [0, 0.1) is 20.8 Å². The van der Waals surface area contributed by atoms with Gasteiger partial charge in [0, 0.05) is 44.6 Å². The van der Waals surface area contributed by atoms with Gasteiger partial charge in [0.25, 0.3) is 0 Å². The smallest absolute Gasteiger partial charge is 0.243 e. The van der Waals surface area contributed by atoms with Crippen molar-refractivity contribution in [3.05, 3.63) is 59.2 Å². The van der Waals surface area contributed by atoms with Gasteiger partial charge in [0.2, 0.25) is 17.7 Å². The minimum absolute atomic E-state index is 0.00440. The Balaban J connectivity index is 1.42. The van der Waals surface area contributed by atoms with Crippen LogP contribution in [0.4, 0.5) is 11.4 Å². The molecule has 1 atom stereocenters. The molecule has 35 heavy (non-hydrogen) atoms. The van der Waals surface area contributed by atoms with Gasteiger partial charge in [-0.15, -0.1) is 0 Å². The first-order chi connectivity index (χ1) is 16.6. The van der Waals surface area contributed by atoms with Crippen molar-refractivity contribution in [2.45, 2.75) is 33.7 Å². The number of carbonyl (C=O) groups is 3. The van der Waals surface area contributed by atoms with E-state index in [1.165, 1.54) is 4.90 Å². The summed E-state index contributed by atoms with van der Waals surface area (Å²) in [6, 6.07) is 13.1. The average molecular weight is 480 g/mol. The van der Waals surface area contributed by atoms with Crippen LogP contribution in [0.25, 0.3) is 0 Å². The van der Waals surface area contributed by atoms with Crippen molar-refractivity contribution in [3.8, 4) is 0 Å². The van der Waals surface area contributed by atoms with E-state index in [0.717, 1.165) is 22.4 Å². The summed E-state index contributed by atoms with van der Waals surface area (Å²) < 4.78 is 0. The first kappa shape index (κ1) is 26.4. The number of rotatable bonds is 8. The van der Waals surface area contributed by atoms with Crippen LogP contribution in [0.5, 0.6) is 0 Å². The highest BCUT2D eigenvalue weighted by atomic mass is 16.2. The van der Waals surface area contributed by atoms with Gasteiger partial charge in [0.05, 0.1) is 19.1 Å². The standard InChI is InChI=1S/C27H37N5O3/c1-19-9-11-23(12-10-19)28-25(33)17-30(5)27(35)22(4)32-15-13-31(14-16-32)18-26(34)29-24-8-6-7-20(2)21(24)3/h6-12,22H,13-18H2,1-5H3,(H,28,33)(H,29,34). The van der Waals surface area contributed by atoms with E-state index >= 15 is 0 Å². The molecular formula is C27H37N5O3. The predicted molar refractivity (Wildman–Crippen MR) is 139 cm³/mol. The van der Waals surface area contributed by atoms with Gasteiger partial charge in [-0.1, -0.05) is 29.8 Å². The summed E-state index contributed by atoms with van der Waals surface area (Å²) >= 11 is 0. The first-order valence-corrected chi connectivity index (χ1v) is 12.1. The van der Waals surface area contributed by atoms with E-state index in [9.17, 15) is 14.4 Å². The van der Waals surface area contributed by atoms with Crippen LogP contribution in [0.2, 0.25) is 0 Å². The molecule has 1 aliphatic rings. The van der Waals surface area contributed by atoms with Crippen LogP contribution in [0.3, 0.4) is 0 Å². The summed E-state index contributed by atoms with van der Waals surface area (Å²) in [5, 5.41) is 5.84. The zero-order valence-electron chi connectivity index (χ0n) is 21.4. The van der Waals surface area contributed by atoms with Gasteiger partial charge in [-0.05, 0) is 57.0 Å². The van der Waals surface area contributed by atoms with Crippen LogP contribution < -0.4 is 10.6 Å². The zero-order chi connectivity index (χ0) is 25.5. The normalized spacial score (nSPS) is 15.3. The first-order valence-electron chi connectivity index (χ1n) is 12.1. The number of nitrogens with one attached hydrogen (secondary N) is 2. The predicted octanol–water partition coefficient (Wildman–Crippen LogP) is 2.65. The number of anilines is 2. The topological polar surface area (TPSA) is 85.0 Å². The van der Waals surface area contributed by atoms with Crippen molar-refractivity contribution in [1.82, 2.24) is 14.7 Å². The number of nitrogens with zero attached hydrogens (tertiary/aromatic N) is 3. The fraction of sp³-hybridized carbons (Fsp3) is 0.444. The molecule has 0 radical (unpaired) electrons. The lowest BCUT2D eigenvalue weighted by Gasteiger charge is -2.38. The molecule has 1 fully saturated rings. The van der Waals surface area contributed by atoms with E-state index in [4.69, 9.17) is 0 Å². The molecule has 1 heterocycles. The molecule has 0 saturated carbocycles. The lowest BCUT2D eigenvalue weighted by atomic mass is 10.1. The number of amides is 3. The molecule has 0 spiro atoms. The monoisotopic (exact) mass is 479 g/mol. The Bertz CT molecular complexity index is 1050. The molecule has 8 heteroatoms. The molecule has 1 saturated heterocycles. The van der Waals surface area contributed by atoms with Gasteiger partial charge in [-0.2, -0.15) is 0 Å². The van der Waals surface area contributed by atoms with E-state index in [1.807, 2.05) is 70.2 Å². The SMILES string of the molecule is Cc1ccc(NC(=O)CN(C)C(=O)C(C)N2CCN(CC(=O)Nc3cccc(C)c3C)CC2)cc1. The maximum atomic E-state index is 12.9. The second-order valence-electron chi connectivity index (χ2n) is 9.39. The summed E-state index contributed by atoms with van der Waals surface area (Å²) in [5.41, 5.74) is 4.91. The maximum absolute atomic E-state index is 12.9.